The first kappa shape index (κ1) is 24.9. The zero-order valence-electron chi connectivity index (χ0n) is 19.7. The van der Waals surface area contributed by atoms with Crippen LogP contribution in [0.4, 0.5) is 10.8 Å². The standard InChI is InChI=1S/C27H21ClN4O3S2/c1-31(21-8-3-2-4-9-21)37(34,35)22-14-12-20(13-15-22)26(33)32(18-19-7-6-16-29-17-19)27-30-25-23(28)10-5-11-24(25)36-27/h2-17H,18H2,1H3. The summed E-state index contributed by atoms with van der Waals surface area (Å²) in [4.78, 5) is 24.1. The Kier molecular flexibility index (Phi) is 6.92. The molecule has 0 aliphatic heterocycles. The maximum atomic E-state index is 13.7. The number of benzene rings is 3. The largest absolute Gasteiger partial charge is 0.279 e. The van der Waals surface area contributed by atoms with Gasteiger partial charge in [0.15, 0.2) is 5.13 Å². The van der Waals surface area contributed by atoms with Gasteiger partial charge in [-0.3, -0.25) is 19.0 Å². The summed E-state index contributed by atoms with van der Waals surface area (Å²) in [5, 5.41) is 0.989. The van der Waals surface area contributed by atoms with Gasteiger partial charge in [-0.15, -0.1) is 0 Å². The average Bonchev–Trinajstić information content (AvgIpc) is 3.37. The lowest BCUT2D eigenvalue weighted by molar-refractivity contribution is 0.0985. The van der Waals surface area contributed by atoms with Crippen molar-refractivity contribution in [1.82, 2.24) is 9.97 Å². The third-order valence-corrected chi connectivity index (χ3v) is 8.93. The number of carbonyl (C=O) groups is 1. The van der Waals surface area contributed by atoms with Gasteiger partial charge in [0.05, 0.1) is 26.9 Å². The molecule has 0 spiro atoms. The van der Waals surface area contributed by atoms with Crippen LogP contribution in [-0.2, 0) is 16.6 Å². The highest BCUT2D eigenvalue weighted by atomic mass is 35.5. The molecule has 0 saturated carbocycles. The molecule has 2 aromatic heterocycles. The number of fused-ring (bicyclic) bond motifs is 1. The Labute approximate surface area is 223 Å². The predicted molar refractivity (Wildman–Crippen MR) is 148 cm³/mol. The normalized spacial score (nSPS) is 11.4. The molecule has 7 nitrogen and oxygen atoms in total. The Bertz CT molecular complexity index is 1660. The molecule has 0 aliphatic carbocycles. The highest BCUT2D eigenvalue weighted by Gasteiger charge is 2.25. The lowest BCUT2D eigenvalue weighted by atomic mass is 10.2. The van der Waals surface area contributed by atoms with Crippen LogP contribution in [0, 0.1) is 0 Å². The van der Waals surface area contributed by atoms with E-state index < -0.39 is 10.0 Å². The molecule has 5 aromatic rings. The molecule has 0 saturated heterocycles. The van der Waals surface area contributed by atoms with E-state index in [1.807, 2.05) is 24.3 Å². The minimum atomic E-state index is -3.80. The number of nitrogens with zero attached hydrogens (tertiary/aromatic N) is 4. The van der Waals surface area contributed by atoms with Gasteiger partial charge in [-0.1, -0.05) is 53.3 Å². The van der Waals surface area contributed by atoms with Crippen molar-refractivity contribution in [2.24, 2.45) is 0 Å². The highest BCUT2D eigenvalue weighted by Crippen LogP contribution is 2.34. The van der Waals surface area contributed by atoms with Gasteiger partial charge in [-0.2, -0.15) is 0 Å². The molecule has 37 heavy (non-hydrogen) atoms. The zero-order valence-corrected chi connectivity index (χ0v) is 22.0. The molecule has 0 bridgehead atoms. The first-order valence-electron chi connectivity index (χ1n) is 11.2. The average molecular weight is 549 g/mol. The number of hydrogen-bond acceptors (Lipinski definition) is 6. The Morgan fingerprint density at radius 3 is 2.38 bits per heavy atom. The number of anilines is 2. The molecule has 10 heteroatoms. The van der Waals surface area contributed by atoms with Crippen LogP contribution in [0.5, 0.6) is 0 Å². The first-order chi connectivity index (χ1) is 17.8. The lowest BCUT2D eigenvalue weighted by Crippen LogP contribution is -2.30. The summed E-state index contributed by atoms with van der Waals surface area (Å²) < 4.78 is 28.4. The Hall–Kier alpha value is -3.79. The predicted octanol–water partition coefficient (Wildman–Crippen LogP) is 6.02. The Morgan fingerprint density at radius 2 is 1.70 bits per heavy atom. The van der Waals surface area contributed by atoms with Crippen LogP contribution in [0.25, 0.3) is 10.2 Å². The molecule has 3 aromatic carbocycles. The van der Waals surface area contributed by atoms with E-state index in [9.17, 15) is 13.2 Å². The second-order valence-electron chi connectivity index (χ2n) is 8.17. The van der Waals surface area contributed by atoms with Crippen molar-refractivity contribution in [2.45, 2.75) is 11.4 Å². The minimum Gasteiger partial charge on any atom is -0.279 e. The van der Waals surface area contributed by atoms with Gasteiger partial charge >= 0.3 is 0 Å². The van der Waals surface area contributed by atoms with Crippen molar-refractivity contribution < 1.29 is 13.2 Å². The fourth-order valence-electron chi connectivity index (χ4n) is 3.78. The van der Waals surface area contributed by atoms with Crippen molar-refractivity contribution in [3.8, 4) is 0 Å². The summed E-state index contributed by atoms with van der Waals surface area (Å²) in [5.41, 5.74) is 2.32. The number of amides is 1. The van der Waals surface area contributed by atoms with Gasteiger partial charge < -0.3 is 0 Å². The summed E-state index contributed by atoms with van der Waals surface area (Å²) in [6, 6.07) is 23.9. The SMILES string of the molecule is CN(c1ccccc1)S(=O)(=O)c1ccc(C(=O)N(Cc2cccnc2)c2nc3c(Cl)cccc3s2)cc1. The highest BCUT2D eigenvalue weighted by molar-refractivity contribution is 7.92. The van der Waals surface area contributed by atoms with Crippen LogP contribution in [-0.4, -0.2) is 31.3 Å². The van der Waals surface area contributed by atoms with Crippen LogP contribution in [0.2, 0.25) is 5.02 Å². The third kappa shape index (κ3) is 5.06. The molecule has 0 aliphatic rings. The summed E-state index contributed by atoms with van der Waals surface area (Å²) in [6.07, 6.45) is 3.36. The molecule has 0 atom stereocenters. The summed E-state index contributed by atoms with van der Waals surface area (Å²) in [6.45, 7) is 0.237. The Balaban J connectivity index is 1.48. The van der Waals surface area contributed by atoms with Crippen molar-refractivity contribution in [1.29, 1.82) is 0 Å². The minimum absolute atomic E-state index is 0.0842. The van der Waals surface area contributed by atoms with Gasteiger partial charge in [0, 0.05) is 25.0 Å². The molecular formula is C27H21ClN4O3S2. The van der Waals surface area contributed by atoms with E-state index in [1.165, 1.54) is 47.0 Å². The van der Waals surface area contributed by atoms with E-state index >= 15 is 0 Å². The van der Waals surface area contributed by atoms with Crippen LogP contribution in [0.1, 0.15) is 15.9 Å². The monoisotopic (exact) mass is 548 g/mol. The lowest BCUT2D eigenvalue weighted by Gasteiger charge is -2.21. The van der Waals surface area contributed by atoms with Crippen LogP contribution in [0.3, 0.4) is 0 Å². The van der Waals surface area contributed by atoms with Crippen molar-refractivity contribution in [2.75, 3.05) is 16.3 Å². The van der Waals surface area contributed by atoms with E-state index in [-0.39, 0.29) is 17.3 Å². The molecule has 0 unspecified atom stereocenters. The number of hydrogen-bond donors (Lipinski definition) is 0. The number of rotatable bonds is 7. The molecule has 0 radical (unpaired) electrons. The van der Waals surface area contributed by atoms with Crippen LogP contribution >= 0.6 is 22.9 Å². The second-order valence-corrected chi connectivity index (χ2v) is 11.6. The van der Waals surface area contributed by atoms with Gasteiger partial charge in [-0.05, 0) is 60.2 Å². The van der Waals surface area contributed by atoms with Gasteiger partial charge in [-0.25, -0.2) is 13.4 Å². The molecule has 1 amide bonds. The molecule has 0 fully saturated rings. The van der Waals surface area contributed by atoms with E-state index in [1.54, 1.807) is 53.7 Å². The molecule has 186 valence electrons. The summed E-state index contributed by atoms with van der Waals surface area (Å²) >= 11 is 7.69. The van der Waals surface area contributed by atoms with Gasteiger partial charge in [0.1, 0.15) is 5.52 Å². The summed E-state index contributed by atoms with van der Waals surface area (Å²) in [7, 11) is -2.30. The molecular weight excluding hydrogens is 528 g/mol. The second kappa shape index (κ2) is 10.3. The van der Waals surface area contributed by atoms with Gasteiger partial charge in [0.2, 0.25) is 0 Å². The fourth-order valence-corrected chi connectivity index (χ4v) is 6.24. The summed E-state index contributed by atoms with van der Waals surface area (Å²) in [5.74, 6) is -0.320. The number of thiazole rings is 1. The maximum absolute atomic E-state index is 13.7. The topological polar surface area (TPSA) is 83.5 Å². The zero-order chi connectivity index (χ0) is 26.0. The Morgan fingerprint density at radius 1 is 0.946 bits per heavy atom. The number of carbonyl (C=O) groups excluding carboxylic acids is 1. The van der Waals surface area contributed by atoms with E-state index in [2.05, 4.69) is 9.97 Å². The molecule has 2 heterocycles. The quantitative estimate of drug-likeness (QED) is 0.248. The van der Waals surface area contributed by atoms with E-state index in [4.69, 9.17) is 11.6 Å². The van der Waals surface area contributed by atoms with E-state index in [0.29, 0.717) is 26.9 Å². The molecule has 5 rings (SSSR count). The van der Waals surface area contributed by atoms with Crippen LogP contribution < -0.4 is 9.21 Å². The van der Waals surface area contributed by atoms with Crippen LogP contribution in [0.15, 0.2) is 102 Å². The number of sulfonamides is 1. The number of para-hydroxylation sites is 2. The first-order valence-corrected chi connectivity index (χ1v) is 13.9. The third-order valence-electron chi connectivity index (χ3n) is 5.78. The smallest absolute Gasteiger partial charge is 0.264 e. The van der Waals surface area contributed by atoms with Crippen molar-refractivity contribution >= 4 is 59.9 Å². The maximum Gasteiger partial charge on any atom is 0.264 e. The van der Waals surface area contributed by atoms with E-state index in [0.717, 1.165) is 10.3 Å². The van der Waals surface area contributed by atoms with Gasteiger partial charge in [0.25, 0.3) is 15.9 Å². The van der Waals surface area contributed by atoms with Crippen molar-refractivity contribution in [3.05, 3.63) is 113 Å². The number of halogens is 1. The fraction of sp³-hybridized carbons (Fsp3) is 0.0741. The van der Waals surface area contributed by atoms with Crippen molar-refractivity contribution in [3.63, 3.8) is 0 Å². The number of pyridine rings is 1. The molecule has 0 N–H and O–H groups in total. The number of aromatic nitrogens is 2.